The second kappa shape index (κ2) is 4.91. The third kappa shape index (κ3) is 4.15. The van der Waals surface area contributed by atoms with Crippen molar-refractivity contribution in [3.05, 3.63) is 0 Å². The van der Waals surface area contributed by atoms with Gasteiger partial charge in [-0.3, -0.25) is 4.79 Å². The Morgan fingerprint density at radius 2 is 1.93 bits per heavy atom. The normalized spacial score (nSPS) is 16.7. The van der Waals surface area contributed by atoms with E-state index >= 15 is 0 Å². The quantitative estimate of drug-likeness (QED) is 0.574. The SMILES string of the molecule is CN(C)S(=O)(=O)NCCNC(=O)C1CC1. The summed E-state index contributed by atoms with van der Waals surface area (Å²) >= 11 is 0. The molecule has 2 N–H and O–H groups in total. The second-order valence-corrected chi connectivity index (χ2v) is 5.72. The average molecular weight is 235 g/mol. The molecule has 0 radical (unpaired) electrons. The van der Waals surface area contributed by atoms with E-state index in [-0.39, 0.29) is 18.4 Å². The first kappa shape index (κ1) is 12.4. The smallest absolute Gasteiger partial charge is 0.278 e. The second-order valence-electron chi connectivity index (χ2n) is 3.75. The third-order valence-electron chi connectivity index (χ3n) is 2.14. The molecule has 0 spiro atoms. The van der Waals surface area contributed by atoms with Crippen molar-refractivity contribution in [3.63, 3.8) is 0 Å². The van der Waals surface area contributed by atoms with Crippen LogP contribution < -0.4 is 10.0 Å². The van der Waals surface area contributed by atoms with Gasteiger partial charge >= 0.3 is 0 Å². The first-order chi connectivity index (χ1) is 6.93. The van der Waals surface area contributed by atoms with Crippen LogP contribution in [0.2, 0.25) is 0 Å². The minimum Gasteiger partial charge on any atom is -0.355 e. The summed E-state index contributed by atoms with van der Waals surface area (Å²) in [6.07, 6.45) is 1.91. The Bertz CT molecular complexity index is 322. The molecule has 0 saturated heterocycles. The van der Waals surface area contributed by atoms with Gasteiger partial charge in [-0.25, -0.2) is 4.72 Å². The third-order valence-corrected chi connectivity index (χ3v) is 3.67. The Kier molecular flexibility index (Phi) is 4.06. The molecule has 0 aromatic carbocycles. The van der Waals surface area contributed by atoms with Gasteiger partial charge in [0.25, 0.3) is 10.2 Å². The van der Waals surface area contributed by atoms with Crippen LogP contribution >= 0.6 is 0 Å². The summed E-state index contributed by atoms with van der Waals surface area (Å²) < 4.78 is 25.9. The molecule has 1 aliphatic rings. The highest BCUT2D eigenvalue weighted by atomic mass is 32.2. The van der Waals surface area contributed by atoms with Gasteiger partial charge in [0.2, 0.25) is 5.91 Å². The highest BCUT2D eigenvalue weighted by molar-refractivity contribution is 7.87. The summed E-state index contributed by atoms with van der Waals surface area (Å²) in [6, 6.07) is 0. The van der Waals surface area contributed by atoms with E-state index in [2.05, 4.69) is 10.0 Å². The molecule has 15 heavy (non-hydrogen) atoms. The topological polar surface area (TPSA) is 78.5 Å². The van der Waals surface area contributed by atoms with E-state index in [4.69, 9.17) is 0 Å². The number of nitrogens with one attached hydrogen (secondary N) is 2. The van der Waals surface area contributed by atoms with Gasteiger partial charge in [0.1, 0.15) is 0 Å². The average Bonchev–Trinajstić information content (AvgIpc) is 2.94. The van der Waals surface area contributed by atoms with E-state index in [1.807, 2.05) is 0 Å². The van der Waals surface area contributed by atoms with Gasteiger partial charge in [0.05, 0.1) is 0 Å². The van der Waals surface area contributed by atoms with Gasteiger partial charge in [-0.05, 0) is 12.8 Å². The summed E-state index contributed by atoms with van der Waals surface area (Å²) in [5.41, 5.74) is 0. The fourth-order valence-corrected chi connectivity index (χ4v) is 1.60. The largest absolute Gasteiger partial charge is 0.355 e. The predicted octanol–water partition coefficient (Wildman–Crippen LogP) is -1.09. The molecule has 0 bridgehead atoms. The maximum Gasteiger partial charge on any atom is 0.278 e. The molecule has 0 aromatic rings. The van der Waals surface area contributed by atoms with Crippen LogP contribution in [0, 0.1) is 5.92 Å². The molecule has 0 aliphatic heterocycles. The molecule has 0 unspecified atom stereocenters. The van der Waals surface area contributed by atoms with Crippen LogP contribution in [-0.2, 0) is 15.0 Å². The van der Waals surface area contributed by atoms with E-state index in [1.54, 1.807) is 0 Å². The highest BCUT2D eigenvalue weighted by Crippen LogP contribution is 2.28. The van der Waals surface area contributed by atoms with E-state index in [0.29, 0.717) is 6.54 Å². The van der Waals surface area contributed by atoms with E-state index in [9.17, 15) is 13.2 Å². The summed E-state index contributed by atoms with van der Waals surface area (Å²) in [6.45, 7) is 0.557. The van der Waals surface area contributed by atoms with Gasteiger partial charge in [-0.15, -0.1) is 0 Å². The Balaban J connectivity index is 2.13. The number of nitrogens with zero attached hydrogens (tertiary/aromatic N) is 1. The van der Waals surface area contributed by atoms with Crippen molar-refractivity contribution in [1.82, 2.24) is 14.3 Å². The lowest BCUT2D eigenvalue weighted by atomic mass is 10.4. The molecule has 7 heteroatoms. The first-order valence-corrected chi connectivity index (χ1v) is 6.32. The molecular weight excluding hydrogens is 218 g/mol. The summed E-state index contributed by atoms with van der Waals surface area (Å²) in [7, 11) is -0.470. The lowest BCUT2D eigenvalue weighted by Crippen LogP contribution is -2.40. The van der Waals surface area contributed by atoms with Crippen molar-refractivity contribution in [2.75, 3.05) is 27.2 Å². The number of carbonyl (C=O) groups excluding carboxylic acids is 1. The van der Waals surface area contributed by atoms with Crippen LogP contribution in [0.25, 0.3) is 0 Å². The lowest BCUT2D eigenvalue weighted by molar-refractivity contribution is -0.122. The summed E-state index contributed by atoms with van der Waals surface area (Å²) in [5, 5.41) is 2.67. The van der Waals surface area contributed by atoms with Crippen molar-refractivity contribution in [3.8, 4) is 0 Å². The molecule has 88 valence electrons. The molecule has 1 rings (SSSR count). The van der Waals surface area contributed by atoms with E-state index < -0.39 is 10.2 Å². The van der Waals surface area contributed by atoms with Crippen molar-refractivity contribution >= 4 is 16.1 Å². The summed E-state index contributed by atoms with van der Waals surface area (Å²) in [5.74, 6) is 0.189. The molecule has 6 nitrogen and oxygen atoms in total. The van der Waals surface area contributed by atoms with Crippen LogP contribution in [-0.4, -0.2) is 45.8 Å². The molecule has 1 saturated carbocycles. The number of amides is 1. The molecular formula is C8H17N3O3S. The van der Waals surface area contributed by atoms with Crippen LogP contribution in [0.15, 0.2) is 0 Å². The predicted molar refractivity (Wildman–Crippen MR) is 56.3 cm³/mol. The zero-order chi connectivity index (χ0) is 11.5. The van der Waals surface area contributed by atoms with Crippen molar-refractivity contribution in [1.29, 1.82) is 0 Å². The molecule has 0 heterocycles. The van der Waals surface area contributed by atoms with Crippen LogP contribution in [0.1, 0.15) is 12.8 Å². The van der Waals surface area contributed by atoms with Gasteiger partial charge in [-0.1, -0.05) is 0 Å². The van der Waals surface area contributed by atoms with E-state index in [0.717, 1.165) is 17.1 Å². The van der Waals surface area contributed by atoms with Crippen LogP contribution in [0.3, 0.4) is 0 Å². The zero-order valence-electron chi connectivity index (χ0n) is 8.99. The number of hydrogen-bond acceptors (Lipinski definition) is 3. The van der Waals surface area contributed by atoms with E-state index in [1.165, 1.54) is 14.1 Å². The molecule has 0 aromatic heterocycles. The van der Waals surface area contributed by atoms with Gasteiger partial charge in [-0.2, -0.15) is 12.7 Å². The monoisotopic (exact) mass is 235 g/mol. The van der Waals surface area contributed by atoms with Crippen LogP contribution in [0.5, 0.6) is 0 Å². The minimum atomic E-state index is -3.37. The fourth-order valence-electron chi connectivity index (χ4n) is 0.985. The molecule has 1 amide bonds. The lowest BCUT2D eigenvalue weighted by Gasteiger charge is -2.12. The van der Waals surface area contributed by atoms with Crippen molar-refractivity contribution in [2.45, 2.75) is 12.8 Å². The van der Waals surface area contributed by atoms with Crippen molar-refractivity contribution < 1.29 is 13.2 Å². The molecule has 0 atom stereocenters. The maximum absolute atomic E-state index is 11.2. The minimum absolute atomic E-state index is 0.0269. The Labute approximate surface area is 90.2 Å². The highest BCUT2D eigenvalue weighted by Gasteiger charge is 2.29. The number of hydrogen-bond donors (Lipinski definition) is 2. The van der Waals surface area contributed by atoms with Crippen LogP contribution in [0.4, 0.5) is 0 Å². The van der Waals surface area contributed by atoms with Gasteiger partial charge in [0.15, 0.2) is 0 Å². The molecule has 1 aliphatic carbocycles. The Morgan fingerprint density at radius 3 is 2.40 bits per heavy atom. The molecule has 1 fully saturated rings. The van der Waals surface area contributed by atoms with Gasteiger partial charge in [0, 0.05) is 33.1 Å². The Hall–Kier alpha value is -0.660. The van der Waals surface area contributed by atoms with Crippen molar-refractivity contribution in [2.24, 2.45) is 5.92 Å². The number of rotatable bonds is 6. The maximum atomic E-state index is 11.2. The zero-order valence-corrected chi connectivity index (χ0v) is 9.80. The fraction of sp³-hybridized carbons (Fsp3) is 0.875. The standard InChI is InChI=1S/C8H17N3O3S/c1-11(2)15(13,14)10-6-5-9-8(12)7-3-4-7/h7,10H,3-6H2,1-2H3,(H,9,12). The first-order valence-electron chi connectivity index (χ1n) is 4.88. The number of carbonyl (C=O) groups is 1. The Morgan fingerprint density at radius 1 is 1.33 bits per heavy atom. The van der Waals surface area contributed by atoms with Gasteiger partial charge < -0.3 is 5.32 Å². The summed E-state index contributed by atoms with van der Waals surface area (Å²) in [4.78, 5) is 11.2.